The third-order valence-electron chi connectivity index (χ3n) is 6.98. The summed E-state index contributed by atoms with van der Waals surface area (Å²) < 4.78 is 21.5. The lowest BCUT2D eigenvalue weighted by atomic mass is 9.92. The summed E-state index contributed by atoms with van der Waals surface area (Å²) in [5.74, 6) is -0.430. The maximum atomic E-state index is 12.1. The van der Waals surface area contributed by atoms with Crippen LogP contribution in [0.2, 0.25) is 0 Å². The van der Waals surface area contributed by atoms with Gasteiger partial charge in [0.05, 0.1) is 25.7 Å². The highest BCUT2D eigenvalue weighted by molar-refractivity contribution is 7.44. The van der Waals surface area contributed by atoms with Crippen LogP contribution in [-0.4, -0.2) is 90.1 Å². The van der Waals surface area contributed by atoms with Crippen LogP contribution in [0.5, 0.6) is 0 Å². The first-order chi connectivity index (χ1) is 18.0. The molecule has 1 saturated carbocycles. The van der Waals surface area contributed by atoms with Crippen molar-refractivity contribution in [2.45, 2.75) is 110 Å². The molecule has 2 rings (SSSR count). The fourth-order valence-electron chi connectivity index (χ4n) is 5.23. The molecule has 2 fully saturated rings. The summed E-state index contributed by atoms with van der Waals surface area (Å²) in [6.07, 6.45) is 8.22. The van der Waals surface area contributed by atoms with E-state index in [9.17, 15) is 9.59 Å². The summed E-state index contributed by atoms with van der Waals surface area (Å²) in [6, 6.07) is 3.06. The van der Waals surface area contributed by atoms with E-state index in [0.717, 1.165) is 6.54 Å². The molecule has 10 nitrogen and oxygen atoms in total. The van der Waals surface area contributed by atoms with Gasteiger partial charge in [-0.3, -0.25) is 19.8 Å². The van der Waals surface area contributed by atoms with Crippen LogP contribution < -0.4 is 5.32 Å². The summed E-state index contributed by atoms with van der Waals surface area (Å²) in [7, 11) is 0.510. The fraction of sp³-hybridized carbons (Fsp3) is 0.815. The van der Waals surface area contributed by atoms with Crippen LogP contribution in [0.1, 0.15) is 80.1 Å². The minimum atomic E-state index is -1.38. The van der Waals surface area contributed by atoms with E-state index in [0.29, 0.717) is 44.2 Å². The lowest BCUT2D eigenvalue weighted by Crippen LogP contribution is -2.61. The molecule has 3 atom stereocenters. The van der Waals surface area contributed by atoms with Crippen molar-refractivity contribution in [2.24, 2.45) is 0 Å². The molecule has 1 aliphatic carbocycles. The van der Waals surface area contributed by atoms with Crippen LogP contribution in [0.25, 0.3) is 0 Å². The van der Waals surface area contributed by atoms with E-state index in [1.165, 1.54) is 32.1 Å². The molecule has 0 aromatic heterocycles. The number of morpholine rings is 1. The molecule has 11 heteroatoms. The number of nitriles is 1. The predicted octanol–water partition coefficient (Wildman–Crippen LogP) is 4.14. The largest absolute Gasteiger partial charge is 0.354 e. The van der Waals surface area contributed by atoms with E-state index in [1.54, 1.807) is 13.1 Å². The normalized spacial score (nSPS) is 24.4. The van der Waals surface area contributed by atoms with Gasteiger partial charge in [0, 0.05) is 50.0 Å². The van der Waals surface area contributed by atoms with Crippen molar-refractivity contribution in [3.05, 3.63) is 11.8 Å². The van der Waals surface area contributed by atoms with Gasteiger partial charge in [-0.05, 0) is 54.4 Å². The van der Waals surface area contributed by atoms with Crippen LogP contribution in [-0.2, 0) is 23.4 Å². The fourth-order valence-corrected chi connectivity index (χ4v) is 6.96. The Kier molecular flexibility index (Phi) is 13.6. The number of carbonyl (C=O) groups is 2. The quantitative estimate of drug-likeness (QED) is 0.147. The van der Waals surface area contributed by atoms with Gasteiger partial charge in [-0.2, -0.15) is 5.26 Å². The number of ether oxygens (including phenoxy) is 1. The number of rotatable bonds is 14. The smallest absolute Gasteiger partial charge is 0.259 e. The number of hydrogen-bond acceptors (Lipinski definition) is 9. The highest BCUT2D eigenvalue weighted by atomic mass is 31.2. The van der Waals surface area contributed by atoms with Gasteiger partial charge in [0.2, 0.25) is 6.41 Å². The summed E-state index contributed by atoms with van der Waals surface area (Å²) in [5, 5.41) is 11.2. The topological polar surface area (TPSA) is 107 Å². The zero-order chi connectivity index (χ0) is 28.3. The molecule has 216 valence electrons. The Morgan fingerprint density at radius 3 is 2.47 bits per heavy atom. The van der Waals surface area contributed by atoms with Gasteiger partial charge in [0.25, 0.3) is 14.4 Å². The number of likely N-dealkylation sites (N-methyl/N-ethyl adjacent to an activating group) is 1. The summed E-state index contributed by atoms with van der Waals surface area (Å²) in [4.78, 5) is 27.2. The molecule has 1 N–H and O–H groups in total. The van der Waals surface area contributed by atoms with Crippen molar-refractivity contribution in [3.63, 3.8) is 0 Å². The average Bonchev–Trinajstić information content (AvgIpc) is 2.87. The molecule has 0 bridgehead atoms. The zero-order valence-electron chi connectivity index (χ0n) is 24.3. The van der Waals surface area contributed by atoms with E-state index in [2.05, 4.69) is 55.6 Å². The SMILES string of the molecule is C/C(=C/N(C)C1CN(C2CCCCC2)C[C@@](C)(COP(OCCC#N)N(C(C)C)C(C)C)O1)C(=O)NC=O. The lowest BCUT2D eigenvalue weighted by molar-refractivity contribution is -0.203. The second-order valence-electron chi connectivity index (χ2n) is 11.1. The molecule has 1 saturated heterocycles. The minimum absolute atomic E-state index is 0.214. The summed E-state index contributed by atoms with van der Waals surface area (Å²) in [6.45, 7) is 14.4. The summed E-state index contributed by atoms with van der Waals surface area (Å²) in [5.41, 5.74) is -0.185. The van der Waals surface area contributed by atoms with Gasteiger partial charge in [-0.25, -0.2) is 4.67 Å². The van der Waals surface area contributed by atoms with Crippen LogP contribution in [0.3, 0.4) is 0 Å². The second kappa shape index (κ2) is 15.9. The van der Waals surface area contributed by atoms with Gasteiger partial charge in [-0.15, -0.1) is 0 Å². The van der Waals surface area contributed by atoms with Crippen molar-refractivity contribution in [3.8, 4) is 6.07 Å². The third-order valence-corrected chi connectivity index (χ3v) is 9.04. The Balaban J connectivity index is 2.25. The number of nitrogens with zero attached hydrogens (tertiary/aromatic N) is 4. The highest BCUT2D eigenvalue weighted by Crippen LogP contribution is 2.47. The van der Waals surface area contributed by atoms with Crippen molar-refractivity contribution in [1.29, 1.82) is 5.26 Å². The first-order valence-corrected chi connectivity index (χ1v) is 14.9. The van der Waals surface area contributed by atoms with Gasteiger partial charge < -0.3 is 18.7 Å². The Labute approximate surface area is 230 Å². The van der Waals surface area contributed by atoms with Gasteiger partial charge in [0.15, 0.2) is 0 Å². The van der Waals surface area contributed by atoms with Crippen LogP contribution in [0.4, 0.5) is 0 Å². The monoisotopic (exact) mass is 553 g/mol. The van der Waals surface area contributed by atoms with E-state index < -0.39 is 20.0 Å². The van der Waals surface area contributed by atoms with Crippen LogP contribution in [0, 0.1) is 11.3 Å². The Bertz CT molecular complexity index is 821. The van der Waals surface area contributed by atoms with Crippen LogP contribution in [0.15, 0.2) is 11.8 Å². The molecule has 2 aliphatic rings. The zero-order valence-corrected chi connectivity index (χ0v) is 25.2. The van der Waals surface area contributed by atoms with E-state index >= 15 is 0 Å². The van der Waals surface area contributed by atoms with Crippen molar-refractivity contribution < 1.29 is 23.4 Å². The molecule has 2 amide bonds. The van der Waals surface area contributed by atoms with Crippen LogP contribution >= 0.6 is 8.53 Å². The second-order valence-corrected chi connectivity index (χ2v) is 12.6. The number of hydrogen-bond donors (Lipinski definition) is 1. The maximum Gasteiger partial charge on any atom is 0.259 e. The van der Waals surface area contributed by atoms with Gasteiger partial charge in [-0.1, -0.05) is 19.3 Å². The predicted molar refractivity (Wildman–Crippen MR) is 149 cm³/mol. The number of amides is 2. The standard InChI is InChI=1S/C27H48N5O5P/c1-21(2)32(22(3)4)38(35-15-11-14-28)36-19-27(6)18-31(24-12-9-8-10-13-24)17-25(37-27)30(7)16-23(5)26(34)29-20-33/h16,20-22,24-25H,8-13,15,17-19H2,1-7H3,(H,29,33,34)/b23-16-/t25?,27-,38?/m0/s1. The van der Waals surface area contributed by atoms with Crippen molar-refractivity contribution in [2.75, 3.05) is 33.4 Å². The van der Waals surface area contributed by atoms with E-state index in [-0.39, 0.29) is 18.3 Å². The molecule has 0 radical (unpaired) electrons. The first-order valence-electron chi connectivity index (χ1n) is 13.8. The van der Waals surface area contributed by atoms with Crippen molar-refractivity contribution >= 4 is 20.8 Å². The van der Waals surface area contributed by atoms with E-state index in [4.69, 9.17) is 19.0 Å². The first kappa shape index (κ1) is 32.6. The highest BCUT2D eigenvalue weighted by Gasteiger charge is 2.42. The third kappa shape index (κ3) is 9.86. The molecule has 38 heavy (non-hydrogen) atoms. The van der Waals surface area contributed by atoms with E-state index in [1.807, 2.05) is 11.9 Å². The van der Waals surface area contributed by atoms with Gasteiger partial charge in [0.1, 0.15) is 11.8 Å². The molecule has 1 heterocycles. The molecular formula is C27H48N5O5P. The lowest BCUT2D eigenvalue weighted by Gasteiger charge is -2.50. The molecule has 0 spiro atoms. The Hall–Kier alpha value is -1.60. The Morgan fingerprint density at radius 2 is 1.89 bits per heavy atom. The number of nitrogens with one attached hydrogen (secondary N) is 1. The van der Waals surface area contributed by atoms with Crippen molar-refractivity contribution in [1.82, 2.24) is 19.8 Å². The molecular weight excluding hydrogens is 505 g/mol. The molecule has 1 aliphatic heterocycles. The molecule has 2 unspecified atom stereocenters. The summed E-state index contributed by atoms with van der Waals surface area (Å²) >= 11 is 0. The molecule has 0 aromatic carbocycles. The minimum Gasteiger partial charge on any atom is -0.354 e. The Morgan fingerprint density at radius 1 is 1.24 bits per heavy atom. The van der Waals surface area contributed by atoms with Gasteiger partial charge >= 0.3 is 0 Å². The number of carbonyl (C=O) groups excluding carboxylic acids is 2. The molecule has 0 aromatic rings. The average molecular weight is 554 g/mol. The maximum absolute atomic E-state index is 12.1. The number of imide groups is 1.